The molecule has 0 atom stereocenters. The van der Waals surface area contributed by atoms with E-state index in [0.717, 1.165) is 5.56 Å². The average Bonchev–Trinajstić information content (AvgIpc) is 2.30. The number of benzene rings is 1. The first kappa shape index (κ1) is 16.8. The quantitative estimate of drug-likeness (QED) is 0.775. The molecule has 0 aliphatic carbocycles. The van der Waals surface area contributed by atoms with Crippen LogP contribution in [-0.2, 0) is 15.9 Å². The van der Waals surface area contributed by atoms with Crippen molar-refractivity contribution in [2.45, 2.75) is 31.5 Å². The summed E-state index contributed by atoms with van der Waals surface area (Å²) in [6, 6.07) is 3.18. The van der Waals surface area contributed by atoms with E-state index in [0.29, 0.717) is 17.1 Å². The van der Waals surface area contributed by atoms with Gasteiger partial charge in [0.1, 0.15) is 0 Å². The van der Waals surface area contributed by atoms with E-state index >= 15 is 0 Å². The molecule has 1 rings (SSSR count). The van der Waals surface area contributed by atoms with Crippen molar-refractivity contribution in [3.8, 4) is 0 Å². The summed E-state index contributed by atoms with van der Waals surface area (Å²) >= 11 is 11.8. The van der Waals surface area contributed by atoms with Gasteiger partial charge >= 0.3 is 0 Å². The third kappa shape index (κ3) is 3.85. The molecule has 19 heavy (non-hydrogen) atoms. The van der Waals surface area contributed by atoms with Crippen molar-refractivity contribution >= 4 is 33.2 Å². The summed E-state index contributed by atoms with van der Waals surface area (Å²) in [7, 11) is -1.95. The second kappa shape index (κ2) is 6.44. The molecular weight excluding hydrogens is 305 g/mol. The molecule has 0 spiro atoms. The summed E-state index contributed by atoms with van der Waals surface area (Å²) in [5.41, 5.74) is 1.40. The number of hydrogen-bond acceptors (Lipinski definition) is 2. The summed E-state index contributed by atoms with van der Waals surface area (Å²) in [5.74, 6) is 0.495. The highest BCUT2D eigenvalue weighted by molar-refractivity contribution is 7.89. The molecule has 6 heteroatoms. The van der Waals surface area contributed by atoms with Crippen LogP contribution in [0.3, 0.4) is 0 Å². The van der Waals surface area contributed by atoms with Crippen LogP contribution in [0.5, 0.6) is 0 Å². The van der Waals surface area contributed by atoms with Gasteiger partial charge in [-0.2, -0.15) is 0 Å². The van der Waals surface area contributed by atoms with E-state index < -0.39 is 10.0 Å². The van der Waals surface area contributed by atoms with Crippen LogP contribution in [0.15, 0.2) is 17.0 Å². The average molecular weight is 324 g/mol. The van der Waals surface area contributed by atoms with Gasteiger partial charge in [-0.05, 0) is 36.1 Å². The minimum absolute atomic E-state index is 0.235. The molecule has 0 unspecified atom stereocenters. The normalized spacial score (nSPS) is 12.4. The van der Waals surface area contributed by atoms with E-state index in [-0.39, 0.29) is 16.7 Å². The molecule has 0 saturated heterocycles. The standard InChI is InChI=1S/C13H19Cl2NO2S/c1-9(2)8-16(4)19(17,18)13-6-12(15)5-11(7-14)10(13)3/h5-6,9H,7-8H2,1-4H3. The van der Waals surface area contributed by atoms with E-state index in [1.165, 1.54) is 10.4 Å². The largest absolute Gasteiger partial charge is 0.243 e. The van der Waals surface area contributed by atoms with Crippen LogP contribution in [0, 0.1) is 12.8 Å². The fraction of sp³-hybridized carbons (Fsp3) is 0.538. The first-order valence-corrected chi connectivity index (χ1v) is 8.36. The van der Waals surface area contributed by atoms with Gasteiger partial charge in [-0.15, -0.1) is 11.6 Å². The lowest BCUT2D eigenvalue weighted by Crippen LogP contribution is -2.31. The molecule has 0 saturated carbocycles. The summed E-state index contributed by atoms with van der Waals surface area (Å²) in [5, 5.41) is 0.387. The predicted molar refractivity (Wildman–Crippen MR) is 80.4 cm³/mol. The van der Waals surface area contributed by atoms with Crippen molar-refractivity contribution < 1.29 is 8.42 Å². The van der Waals surface area contributed by atoms with E-state index in [9.17, 15) is 8.42 Å². The van der Waals surface area contributed by atoms with Crippen LogP contribution >= 0.6 is 23.2 Å². The fourth-order valence-electron chi connectivity index (χ4n) is 1.90. The molecule has 0 bridgehead atoms. The maximum atomic E-state index is 12.5. The zero-order valence-corrected chi connectivity index (χ0v) is 13.9. The molecule has 1 aromatic rings. The van der Waals surface area contributed by atoms with Gasteiger partial charge in [0.15, 0.2) is 0 Å². The van der Waals surface area contributed by atoms with Gasteiger partial charge in [-0.1, -0.05) is 25.4 Å². The predicted octanol–water partition coefficient (Wildman–Crippen LogP) is 3.66. The van der Waals surface area contributed by atoms with Gasteiger partial charge in [0.2, 0.25) is 10.0 Å². The number of halogens is 2. The molecule has 3 nitrogen and oxygen atoms in total. The lowest BCUT2D eigenvalue weighted by atomic mass is 10.1. The third-order valence-electron chi connectivity index (χ3n) is 2.89. The smallest absolute Gasteiger partial charge is 0.207 e. The molecule has 0 heterocycles. The highest BCUT2D eigenvalue weighted by atomic mass is 35.5. The Kier molecular flexibility index (Phi) is 5.68. The van der Waals surface area contributed by atoms with Gasteiger partial charge in [-0.25, -0.2) is 12.7 Å². The van der Waals surface area contributed by atoms with E-state index in [1.54, 1.807) is 20.0 Å². The zero-order chi connectivity index (χ0) is 14.8. The SMILES string of the molecule is Cc1c(CCl)cc(Cl)cc1S(=O)(=O)N(C)CC(C)C. The van der Waals surface area contributed by atoms with Gasteiger partial charge in [0.05, 0.1) is 4.90 Å². The van der Waals surface area contributed by atoms with E-state index in [1.807, 2.05) is 13.8 Å². The molecule has 108 valence electrons. The van der Waals surface area contributed by atoms with E-state index in [4.69, 9.17) is 23.2 Å². The van der Waals surface area contributed by atoms with Crippen LogP contribution in [0.4, 0.5) is 0 Å². The maximum Gasteiger partial charge on any atom is 0.243 e. The molecule has 0 aliphatic rings. The molecule has 0 N–H and O–H groups in total. The van der Waals surface area contributed by atoms with Gasteiger partial charge in [0.25, 0.3) is 0 Å². The number of sulfonamides is 1. The minimum atomic E-state index is -3.53. The first-order chi connectivity index (χ1) is 8.70. The molecule has 0 amide bonds. The van der Waals surface area contributed by atoms with Gasteiger partial charge < -0.3 is 0 Å². The summed E-state index contributed by atoms with van der Waals surface area (Å²) < 4.78 is 26.4. The highest BCUT2D eigenvalue weighted by Crippen LogP contribution is 2.27. The van der Waals surface area contributed by atoms with Gasteiger partial charge in [-0.3, -0.25) is 0 Å². The molecule has 0 aromatic heterocycles. The molecule has 0 aliphatic heterocycles. The highest BCUT2D eigenvalue weighted by Gasteiger charge is 2.24. The summed E-state index contributed by atoms with van der Waals surface area (Å²) in [6.45, 7) is 6.16. The molecule has 0 radical (unpaired) electrons. The van der Waals surface area contributed by atoms with Crippen LogP contribution in [0.1, 0.15) is 25.0 Å². The molecule has 0 fully saturated rings. The topological polar surface area (TPSA) is 37.4 Å². The Hall–Kier alpha value is -0.290. The van der Waals surface area contributed by atoms with Crippen LogP contribution < -0.4 is 0 Å². The Morgan fingerprint density at radius 3 is 2.37 bits per heavy atom. The minimum Gasteiger partial charge on any atom is -0.207 e. The number of alkyl halides is 1. The Bertz CT molecular complexity index is 556. The maximum absolute atomic E-state index is 12.5. The summed E-state index contributed by atoms with van der Waals surface area (Å²) in [6.07, 6.45) is 0. The lowest BCUT2D eigenvalue weighted by molar-refractivity contribution is 0.417. The van der Waals surface area contributed by atoms with Crippen LogP contribution in [0.2, 0.25) is 5.02 Å². The van der Waals surface area contributed by atoms with E-state index in [2.05, 4.69) is 0 Å². The lowest BCUT2D eigenvalue weighted by Gasteiger charge is -2.21. The third-order valence-corrected chi connectivity index (χ3v) is 5.34. The van der Waals surface area contributed by atoms with Crippen molar-refractivity contribution in [2.75, 3.05) is 13.6 Å². The molecule has 1 aromatic carbocycles. The fourth-order valence-corrected chi connectivity index (χ4v) is 4.10. The van der Waals surface area contributed by atoms with Crippen LogP contribution in [-0.4, -0.2) is 26.3 Å². The Morgan fingerprint density at radius 1 is 1.32 bits per heavy atom. The van der Waals surface area contributed by atoms with Crippen molar-refractivity contribution in [1.82, 2.24) is 4.31 Å². The summed E-state index contributed by atoms with van der Waals surface area (Å²) in [4.78, 5) is 0.235. The monoisotopic (exact) mass is 323 g/mol. The second-order valence-electron chi connectivity index (χ2n) is 5.00. The van der Waals surface area contributed by atoms with Crippen LogP contribution in [0.25, 0.3) is 0 Å². The van der Waals surface area contributed by atoms with Crippen molar-refractivity contribution in [2.24, 2.45) is 5.92 Å². The molecular formula is C13H19Cl2NO2S. The number of nitrogens with zero attached hydrogens (tertiary/aromatic N) is 1. The number of rotatable bonds is 5. The first-order valence-electron chi connectivity index (χ1n) is 6.01. The zero-order valence-electron chi connectivity index (χ0n) is 11.6. The Labute approximate surface area is 125 Å². The van der Waals surface area contributed by atoms with Crippen molar-refractivity contribution in [1.29, 1.82) is 0 Å². The van der Waals surface area contributed by atoms with Crippen molar-refractivity contribution in [3.05, 3.63) is 28.3 Å². The van der Waals surface area contributed by atoms with Crippen molar-refractivity contribution in [3.63, 3.8) is 0 Å². The Morgan fingerprint density at radius 2 is 1.89 bits per heavy atom. The Balaban J connectivity index is 3.32. The number of hydrogen-bond donors (Lipinski definition) is 0. The van der Waals surface area contributed by atoms with Gasteiger partial charge in [0, 0.05) is 24.5 Å². The second-order valence-corrected chi connectivity index (χ2v) is 7.72.